The second-order valence-electron chi connectivity index (χ2n) is 2.97. The van der Waals surface area contributed by atoms with E-state index in [1.165, 1.54) is 6.33 Å². The maximum absolute atomic E-state index is 6.00. The van der Waals surface area contributed by atoms with Crippen molar-refractivity contribution in [2.75, 3.05) is 5.75 Å². The van der Waals surface area contributed by atoms with E-state index >= 15 is 0 Å². The van der Waals surface area contributed by atoms with Crippen LogP contribution in [0.2, 0.25) is 5.15 Å². The van der Waals surface area contributed by atoms with Crippen LogP contribution >= 0.6 is 23.4 Å². The Morgan fingerprint density at radius 3 is 2.69 bits per heavy atom. The number of nitrogens with zero attached hydrogens (tertiary/aromatic N) is 2. The highest BCUT2D eigenvalue weighted by Gasteiger charge is 2.12. The lowest BCUT2D eigenvalue weighted by Crippen LogP contribution is -1.97. The molecule has 0 unspecified atom stereocenters. The smallest absolute Gasteiger partial charge is 0.137 e. The van der Waals surface area contributed by atoms with E-state index in [4.69, 9.17) is 11.6 Å². The third-order valence-corrected chi connectivity index (χ3v) is 2.85. The molecular formula is C9H13ClN2S. The van der Waals surface area contributed by atoms with Crippen LogP contribution in [0.5, 0.6) is 0 Å². The molecule has 72 valence electrons. The van der Waals surface area contributed by atoms with Gasteiger partial charge in [0.1, 0.15) is 16.5 Å². The minimum absolute atomic E-state index is 0.378. The van der Waals surface area contributed by atoms with Gasteiger partial charge in [-0.05, 0) is 11.7 Å². The van der Waals surface area contributed by atoms with Crippen LogP contribution in [0.15, 0.2) is 11.4 Å². The van der Waals surface area contributed by atoms with Gasteiger partial charge in [0.15, 0.2) is 0 Å². The topological polar surface area (TPSA) is 25.8 Å². The van der Waals surface area contributed by atoms with Gasteiger partial charge in [-0.3, -0.25) is 0 Å². The number of halogens is 1. The van der Waals surface area contributed by atoms with Gasteiger partial charge in [-0.15, -0.1) is 11.8 Å². The van der Waals surface area contributed by atoms with Gasteiger partial charge in [0.2, 0.25) is 0 Å². The van der Waals surface area contributed by atoms with Crippen LogP contribution in [0.3, 0.4) is 0 Å². The number of aromatic nitrogens is 2. The van der Waals surface area contributed by atoms with Gasteiger partial charge < -0.3 is 0 Å². The summed E-state index contributed by atoms with van der Waals surface area (Å²) in [5.74, 6) is 1.38. The Labute approximate surface area is 88.1 Å². The number of rotatable bonds is 3. The molecule has 13 heavy (non-hydrogen) atoms. The predicted octanol–water partition coefficient (Wildman–Crippen LogP) is 3.37. The van der Waals surface area contributed by atoms with Gasteiger partial charge in [-0.25, -0.2) is 9.97 Å². The summed E-state index contributed by atoms with van der Waals surface area (Å²) in [6, 6.07) is 0. The van der Waals surface area contributed by atoms with Gasteiger partial charge in [-0.1, -0.05) is 32.4 Å². The SMILES string of the molecule is CCSc1ncnc(Cl)c1C(C)C. The number of thioether (sulfide) groups is 1. The van der Waals surface area contributed by atoms with Crippen molar-refractivity contribution in [3.05, 3.63) is 17.0 Å². The van der Waals surface area contributed by atoms with E-state index in [0.717, 1.165) is 16.3 Å². The summed E-state index contributed by atoms with van der Waals surface area (Å²) in [5, 5.41) is 1.60. The first-order chi connectivity index (χ1) is 6.16. The Bertz CT molecular complexity index is 289. The van der Waals surface area contributed by atoms with Crippen LogP contribution in [-0.2, 0) is 0 Å². The van der Waals surface area contributed by atoms with Crippen LogP contribution < -0.4 is 0 Å². The largest absolute Gasteiger partial charge is 0.230 e. The first-order valence-electron chi connectivity index (χ1n) is 4.30. The maximum Gasteiger partial charge on any atom is 0.137 e. The summed E-state index contributed by atoms with van der Waals surface area (Å²) in [5.41, 5.74) is 1.07. The molecule has 4 heteroatoms. The molecule has 1 aromatic rings. The molecule has 0 radical (unpaired) electrons. The summed E-state index contributed by atoms with van der Waals surface area (Å²) < 4.78 is 0. The highest BCUT2D eigenvalue weighted by atomic mass is 35.5. The molecule has 0 saturated carbocycles. The van der Waals surface area contributed by atoms with E-state index < -0.39 is 0 Å². The molecule has 1 heterocycles. The van der Waals surface area contributed by atoms with Crippen molar-refractivity contribution < 1.29 is 0 Å². The van der Waals surface area contributed by atoms with Crippen LogP contribution in [0.4, 0.5) is 0 Å². The highest BCUT2D eigenvalue weighted by molar-refractivity contribution is 7.99. The minimum Gasteiger partial charge on any atom is -0.230 e. The van der Waals surface area contributed by atoms with Crippen molar-refractivity contribution in [2.24, 2.45) is 0 Å². The van der Waals surface area contributed by atoms with E-state index in [-0.39, 0.29) is 0 Å². The third kappa shape index (κ3) is 2.58. The zero-order chi connectivity index (χ0) is 9.84. The average Bonchev–Trinajstić information content (AvgIpc) is 2.04. The number of hydrogen-bond acceptors (Lipinski definition) is 3. The summed E-state index contributed by atoms with van der Waals surface area (Å²) in [6.07, 6.45) is 1.52. The van der Waals surface area contributed by atoms with Crippen molar-refractivity contribution in [3.63, 3.8) is 0 Å². The van der Waals surface area contributed by atoms with Crippen molar-refractivity contribution >= 4 is 23.4 Å². The second kappa shape index (κ2) is 4.82. The standard InChI is InChI=1S/C9H13ClN2S/c1-4-13-9-7(6(2)3)8(10)11-5-12-9/h5-6H,4H2,1-3H3. The van der Waals surface area contributed by atoms with Crippen molar-refractivity contribution in [1.29, 1.82) is 0 Å². The minimum atomic E-state index is 0.378. The van der Waals surface area contributed by atoms with Gasteiger partial charge in [-0.2, -0.15) is 0 Å². The summed E-state index contributed by atoms with van der Waals surface area (Å²) in [4.78, 5) is 8.20. The first-order valence-corrected chi connectivity index (χ1v) is 5.66. The predicted molar refractivity (Wildman–Crippen MR) is 57.5 cm³/mol. The van der Waals surface area contributed by atoms with Crippen molar-refractivity contribution in [3.8, 4) is 0 Å². The Morgan fingerprint density at radius 1 is 1.46 bits per heavy atom. The average molecular weight is 217 g/mol. The van der Waals surface area contributed by atoms with Crippen molar-refractivity contribution in [2.45, 2.75) is 31.7 Å². The normalized spacial score (nSPS) is 10.8. The zero-order valence-corrected chi connectivity index (χ0v) is 9.61. The molecule has 1 aromatic heterocycles. The fourth-order valence-corrected chi connectivity index (χ4v) is 2.39. The van der Waals surface area contributed by atoms with E-state index in [1.54, 1.807) is 11.8 Å². The van der Waals surface area contributed by atoms with Gasteiger partial charge in [0.05, 0.1) is 0 Å². The van der Waals surface area contributed by atoms with Crippen LogP contribution in [0, 0.1) is 0 Å². The van der Waals surface area contributed by atoms with E-state index in [0.29, 0.717) is 11.1 Å². The van der Waals surface area contributed by atoms with Gasteiger partial charge >= 0.3 is 0 Å². The molecule has 0 aliphatic rings. The molecule has 0 amide bonds. The quantitative estimate of drug-likeness (QED) is 0.573. The molecule has 0 N–H and O–H groups in total. The molecule has 0 spiro atoms. The highest BCUT2D eigenvalue weighted by Crippen LogP contribution is 2.30. The second-order valence-corrected chi connectivity index (χ2v) is 4.58. The Balaban J connectivity index is 3.10. The lowest BCUT2D eigenvalue weighted by molar-refractivity contribution is 0.803. The molecule has 0 aliphatic heterocycles. The monoisotopic (exact) mass is 216 g/mol. The molecule has 0 atom stereocenters. The fourth-order valence-electron chi connectivity index (χ4n) is 1.10. The zero-order valence-electron chi connectivity index (χ0n) is 8.04. The lowest BCUT2D eigenvalue weighted by atomic mass is 10.1. The molecule has 0 fully saturated rings. The van der Waals surface area contributed by atoms with Crippen LogP contribution in [0.1, 0.15) is 32.3 Å². The number of hydrogen-bond donors (Lipinski definition) is 0. The maximum atomic E-state index is 6.00. The van der Waals surface area contributed by atoms with E-state index in [1.807, 2.05) is 0 Å². The van der Waals surface area contributed by atoms with Crippen molar-refractivity contribution in [1.82, 2.24) is 9.97 Å². The van der Waals surface area contributed by atoms with Crippen LogP contribution in [-0.4, -0.2) is 15.7 Å². The van der Waals surface area contributed by atoms with E-state index in [9.17, 15) is 0 Å². The molecule has 0 saturated heterocycles. The molecule has 2 nitrogen and oxygen atoms in total. The Kier molecular flexibility index (Phi) is 4.00. The molecule has 0 aromatic carbocycles. The first kappa shape index (κ1) is 10.8. The van der Waals surface area contributed by atoms with Gasteiger partial charge in [0.25, 0.3) is 0 Å². The fraction of sp³-hybridized carbons (Fsp3) is 0.556. The Morgan fingerprint density at radius 2 is 2.15 bits per heavy atom. The molecular weight excluding hydrogens is 204 g/mol. The molecule has 0 bridgehead atoms. The Hall–Kier alpha value is -0.280. The molecule has 0 aliphatic carbocycles. The molecule has 1 rings (SSSR count). The van der Waals surface area contributed by atoms with Crippen LogP contribution in [0.25, 0.3) is 0 Å². The third-order valence-electron chi connectivity index (χ3n) is 1.66. The van der Waals surface area contributed by atoms with Gasteiger partial charge in [0, 0.05) is 5.56 Å². The summed E-state index contributed by atoms with van der Waals surface area (Å²) >= 11 is 7.70. The summed E-state index contributed by atoms with van der Waals surface area (Å²) in [7, 11) is 0. The lowest BCUT2D eigenvalue weighted by Gasteiger charge is -2.10. The summed E-state index contributed by atoms with van der Waals surface area (Å²) in [6.45, 7) is 6.30. The van der Waals surface area contributed by atoms with E-state index in [2.05, 4.69) is 30.7 Å².